The van der Waals surface area contributed by atoms with Crippen molar-refractivity contribution < 1.29 is 9.90 Å². The topological polar surface area (TPSA) is 55.8 Å². The molecule has 1 aliphatic heterocycles. The molecule has 1 aromatic carbocycles. The molecule has 0 saturated carbocycles. The maximum atomic E-state index is 12.8. The molecule has 5 nitrogen and oxygen atoms in total. The number of para-hydroxylation sites is 1. The van der Waals surface area contributed by atoms with E-state index in [1.54, 1.807) is 0 Å². The van der Waals surface area contributed by atoms with Crippen LogP contribution in [0.15, 0.2) is 24.3 Å². The van der Waals surface area contributed by atoms with Gasteiger partial charge in [-0.3, -0.25) is 0 Å². The average Bonchev–Trinajstić information content (AvgIpc) is 2.75. The van der Waals surface area contributed by atoms with Crippen molar-refractivity contribution in [3.8, 4) is 0 Å². The molecule has 1 atom stereocenters. The van der Waals surface area contributed by atoms with Crippen LogP contribution >= 0.6 is 0 Å². The first-order valence-corrected chi connectivity index (χ1v) is 9.32. The summed E-state index contributed by atoms with van der Waals surface area (Å²) in [5, 5.41) is 12.4. The number of fused-ring (bicyclic) bond motifs is 1. The van der Waals surface area contributed by atoms with E-state index in [1.165, 1.54) is 11.3 Å². The lowest BCUT2D eigenvalue weighted by molar-refractivity contribution is 0.146. The first-order valence-electron chi connectivity index (χ1n) is 9.32. The van der Waals surface area contributed by atoms with Gasteiger partial charge in [0.25, 0.3) is 0 Å². The molecule has 140 valence electrons. The summed E-state index contributed by atoms with van der Waals surface area (Å²) < 4.78 is 0. The van der Waals surface area contributed by atoms with E-state index in [-0.39, 0.29) is 24.1 Å². The lowest BCUT2D eigenvalue weighted by atomic mass is 9.89. The fraction of sp³-hybridized carbons (Fsp3) is 0.650. The van der Waals surface area contributed by atoms with Crippen molar-refractivity contribution in [2.75, 3.05) is 31.6 Å². The first-order chi connectivity index (χ1) is 11.9. The van der Waals surface area contributed by atoms with Crippen molar-refractivity contribution in [3.05, 3.63) is 29.8 Å². The van der Waals surface area contributed by atoms with Gasteiger partial charge in [-0.15, -0.1) is 0 Å². The average molecular weight is 348 g/mol. The van der Waals surface area contributed by atoms with Gasteiger partial charge in [-0.25, -0.2) is 4.79 Å². The van der Waals surface area contributed by atoms with Crippen molar-refractivity contribution >= 4 is 11.7 Å². The van der Waals surface area contributed by atoms with Crippen LogP contribution in [0.2, 0.25) is 0 Å². The quantitative estimate of drug-likeness (QED) is 0.777. The number of carbonyl (C=O) groups is 1. The third-order valence-electron chi connectivity index (χ3n) is 5.14. The second-order valence-corrected chi connectivity index (χ2v) is 7.86. The smallest absolute Gasteiger partial charge is 0.318 e. The van der Waals surface area contributed by atoms with Gasteiger partial charge in [-0.1, -0.05) is 39.0 Å². The third kappa shape index (κ3) is 5.11. The van der Waals surface area contributed by atoms with Crippen LogP contribution in [0.3, 0.4) is 0 Å². The Kier molecular flexibility index (Phi) is 6.71. The van der Waals surface area contributed by atoms with E-state index in [9.17, 15) is 9.90 Å². The molecule has 0 saturated heterocycles. The molecule has 0 fully saturated rings. The summed E-state index contributed by atoms with van der Waals surface area (Å²) in [6, 6.07) is 8.53. The van der Waals surface area contributed by atoms with E-state index in [1.807, 2.05) is 24.8 Å². The molecule has 1 unspecified atom stereocenters. The molecule has 2 rings (SSSR count). The van der Waals surface area contributed by atoms with Crippen molar-refractivity contribution in [2.45, 2.75) is 52.6 Å². The number of benzene rings is 1. The lowest BCUT2D eigenvalue weighted by Crippen LogP contribution is -2.48. The van der Waals surface area contributed by atoms with Gasteiger partial charge in [-0.2, -0.15) is 0 Å². The second-order valence-electron chi connectivity index (χ2n) is 7.86. The molecular weight excluding hydrogens is 314 g/mol. The van der Waals surface area contributed by atoms with Crippen LogP contribution in [0.5, 0.6) is 0 Å². The zero-order valence-corrected chi connectivity index (χ0v) is 16.1. The minimum absolute atomic E-state index is 0.0127. The van der Waals surface area contributed by atoms with Gasteiger partial charge in [0.1, 0.15) is 0 Å². The summed E-state index contributed by atoms with van der Waals surface area (Å²) in [6.45, 7) is 8.54. The highest BCUT2D eigenvalue weighted by Crippen LogP contribution is 2.27. The Bertz CT molecular complexity index is 574. The monoisotopic (exact) mass is 347 g/mol. The van der Waals surface area contributed by atoms with Crippen molar-refractivity contribution in [1.82, 2.24) is 10.2 Å². The van der Waals surface area contributed by atoms with E-state index in [4.69, 9.17) is 0 Å². The number of anilines is 1. The normalized spacial score (nSPS) is 17.9. The Balaban J connectivity index is 1.99. The van der Waals surface area contributed by atoms with Gasteiger partial charge >= 0.3 is 6.03 Å². The fourth-order valence-electron chi connectivity index (χ4n) is 3.37. The third-order valence-corrected chi connectivity index (χ3v) is 5.14. The molecule has 2 N–H and O–H groups in total. The SMILES string of the molecule is CCC1CN(C)c2ccccc2CN1C(=O)NCCCC(C)(C)CO. The number of hydrogen-bond donors (Lipinski definition) is 2. The van der Waals surface area contributed by atoms with Gasteiger partial charge in [-0.05, 0) is 36.3 Å². The molecule has 1 heterocycles. The number of carbonyl (C=O) groups excluding carboxylic acids is 1. The van der Waals surface area contributed by atoms with Gasteiger partial charge in [0, 0.05) is 39.0 Å². The van der Waals surface area contributed by atoms with Crippen LogP contribution < -0.4 is 10.2 Å². The predicted octanol–water partition coefficient (Wildman–Crippen LogP) is 3.23. The Morgan fingerprint density at radius 3 is 2.76 bits per heavy atom. The molecule has 0 bridgehead atoms. The number of nitrogens with zero attached hydrogens (tertiary/aromatic N) is 2. The Hall–Kier alpha value is -1.75. The van der Waals surface area contributed by atoms with Gasteiger partial charge in [0.05, 0.1) is 6.04 Å². The van der Waals surface area contributed by atoms with E-state index < -0.39 is 0 Å². The van der Waals surface area contributed by atoms with Gasteiger partial charge in [0.2, 0.25) is 0 Å². The number of nitrogens with one attached hydrogen (secondary N) is 1. The summed E-state index contributed by atoms with van der Waals surface area (Å²) in [5.74, 6) is 0. The summed E-state index contributed by atoms with van der Waals surface area (Å²) in [7, 11) is 2.10. The van der Waals surface area contributed by atoms with Crippen LogP contribution in [0, 0.1) is 5.41 Å². The number of urea groups is 1. The van der Waals surface area contributed by atoms with Crippen molar-refractivity contribution in [3.63, 3.8) is 0 Å². The molecular formula is C20H33N3O2. The number of likely N-dealkylation sites (N-methyl/N-ethyl adjacent to an activating group) is 1. The minimum Gasteiger partial charge on any atom is -0.396 e. The van der Waals surface area contributed by atoms with E-state index in [2.05, 4.69) is 42.4 Å². The number of aliphatic hydroxyl groups is 1. The fourth-order valence-corrected chi connectivity index (χ4v) is 3.37. The number of hydrogen-bond acceptors (Lipinski definition) is 3. The maximum absolute atomic E-state index is 12.8. The molecule has 0 spiro atoms. The van der Waals surface area contributed by atoms with E-state index >= 15 is 0 Å². The molecule has 0 aromatic heterocycles. The molecule has 1 aliphatic rings. The summed E-state index contributed by atoms with van der Waals surface area (Å²) >= 11 is 0. The predicted molar refractivity (Wildman–Crippen MR) is 103 cm³/mol. The second kappa shape index (κ2) is 8.56. The first kappa shape index (κ1) is 19.6. The minimum atomic E-state index is -0.0824. The molecule has 1 aromatic rings. The van der Waals surface area contributed by atoms with Crippen LogP contribution in [0.1, 0.15) is 45.6 Å². The molecule has 0 radical (unpaired) electrons. The van der Waals surface area contributed by atoms with Crippen LogP contribution in [-0.2, 0) is 6.54 Å². The van der Waals surface area contributed by atoms with Crippen LogP contribution in [0.4, 0.5) is 10.5 Å². The number of amides is 2. The van der Waals surface area contributed by atoms with E-state index in [0.29, 0.717) is 13.1 Å². The molecule has 0 aliphatic carbocycles. The van der Waals surface area contributed by atoms with Crippen LogP contribution in [0.25, 0.3) is 0 Å². The highest BCUT2D eigenvalue weighted by Gasteiger charge is 2.28. The van der Waals surface area contributed by atoms with E-state index in [0.717, 1.165) is 25.8 Å². The molecule has 2 amide bonds. The highest BCUT2D eigenvalue weighted by molar-refractivity contribution is 5.75. The molecule has 25 heavy (non-hydrogen) atoms. The Morgan fingerprint density at radius 1 is 1.36 bits per heavy atom. The van der Waals surface area contributed by atoms with Gasteiger partial charge in [0.15, 0.2) is 0 Å². The highest BCUT2D eigenvalue weighted by atomic mass is 16.3. The summed E-state index contributed by atoms with van der Waals surface area (Å²) in [6.07, 6.45) is 2.70. The number of aliphatic hydroxyl groups excluding tert-OH is 1. The number of rotatable bonds is 6. The zero-order valence-electron chi connectivity index (χ0n) is 16.1. The van der Waals surface area contributed by atoms with Crippen LogP contribution in [-0.4, -0.2) is 48.8 Å². The van der Waals surface area contributed by atoms with Crippen molar-refractivity contribution in [2.24, 2.45) is 5.41 Å². The summed E-state index contributed by atoms with van der Waals surface area (Å²) in [4.78, 5) is 17.0. The zero-order chi connectivity index (χ0) is 18.4. The van der Waals surface area contributed by atoms with Crippen molar-refractivity contribution in [1.29, 1.82) is 0 Å². The maximum Gasteiger partial charge on any atom is 0.318 e. The van der Waals surface area contributed by atoms with Gasteiger partial charge < -0.3 is 20.2 Å². The largest absolute Gasteiger partial charge is 0.396 e. The molecule has 5 heteroatoms. The Labute approximate surface area is 152 Å². The summed E-state index contributed by atoms with van der Waals surface area (Å²) in [5.41, 5.74) is 2.32. The lowest BCUT2D eigenvalue weighted by Gasteiger charge is -2.31. The Morgan fingerprint density at radius 2 is 2.08 bits per heavy atom. The standard InChI is InChI=1S/C20H33N3O2/c1-5-17-14-22(4)18-10-7-6-9-16(18)13-23(17)19(25)21-12-8-11-20(2,3)15-24/h6-7,9-10,17,24H,5,8,11-15H2,1-4H3,(H,21,25).